The van der Waals surface area contributed by atoms with Crippen molar-refractivity contribution in [3.8, 4) is 0 Å². The first-order chi connectivity index (χ1) is 10.1. The molecule has 21 heavy (non-hydrogen) atoms. The van der Waals surface area contributed by atoms with Gasteiger partial charge in [0.15, 0.2) is 0 Å². The summed E-state index contributed by atoms with van der Waals surface area (Å²) in [4.78, 5) is 12.2. The minimum Gasteiger partial charge on any atom is -0.322 e. The van der Waals surface area contributed by atoms with Gasteiger partial charge in [0.2, 0.25) is 0 Å². The number of aryl methyl sites for hydroxylation is 1. The summed E-state index contributed by atoms with van der Waals surface area (Å²) in [6.45, 7) is 2.18. The van der Waals surface area contributed by atoms with Crippen LogP contribution in [0.5, 0.6) is 0 Å². The molecule has 1 N–H and O–H groups in total. The fourth-order valence-corrected chi connectivity index (χ4v) is 2.88. The van der Waals surface area contributed by atoms with Crippen LogP contribution in [0.15, 0.2) is 46.9 Å². The molecule has 2 aromatic rings. The highest BCUT2D eigenvalue weighted by Gasteiger charge is 2.08. The largest absolute Gasteiger partial charge is 0.322 e. The van der Waals surface area contributed by atoms with Crippen molar-refractivity contribution in [3.63, 3.8) is 0 Å². The molecule has 0 aliphatic rings. The SMILES string of the molecule is CCCCc1ccc(NC(=O)c2cc(Cl)cc(Br)c2)cc1. The fraction of sp³-hybridized carbons (Fsp3) is 0.235. The summed E-state index contributed by atoms with van der Waals surface area (Å²) in [7, 11) is 0. The van der Waals surface area contributed by atoms with E-state index < -0.39 is 0 Å². The molecular weight excluding hydrogens is 350 g/mol. The molecule has 0 heterocycles. The number of nitrogens with one attached hydrogen (secondary N) is 1. The first-order valence-electron chi connectivity index (χ1n) is 6.95. The summed E-state index contributed by atoms with van der Waals surface area (Å²) in [6.07, 6.45) is 3.44. The number of halogens is 2. The lowest BCUT2D eigenvalue weighted by atomic mass is 10.1. The van der Waals surface area contributed by atoms with Gasteiger partial charge >= 0.3 is 0 Å². The van der Waals surface area contributed by atoms with E-state index in [2.05, 4.69) is 40.3 Å². The summed E-state index contributed by atoms with van der Waals surface area (Å²) >= 11 is 9.29. The third-order valence-electron chi connectivity index (χ3n) is 3.16. The fourth-order valence-electron chi connectivity index (χ4n) is 2.02. The molecule has 0 saturated heterocycles. The van der Waals surface area contributed by atoms with E-state index in [0.29, 0.717) is 10.6 Å². The molecule has 2 rings (SSSR count). The number of amides is 1. The van der Waals surface area contributed by atoms with Crippen LogP contribution in [0.1, 0.15) is 35.7 Å². The highest BCUT2D eigenvalue weighted by molar-refractivity contribution is 9.10. The van der Waals surface area contributed by atoms with Crippen molar-refractivity contribution in [2.45, 2.75) is 26.2 Å². The highest BCUT2D eigenvalue weighted by atomic mass is 79.9. The second-order valence-corrected chi connectivity index (χ2v) is 6.26. The van der Waals surface area contributed by atoms with Crippen molar-refractivity contribution < 1.29 is 4.79 Å². The molecule has 2 nitrogen and oxygen atoms in total. The van der Waals surface area contributed by atoms with Gasteiger partial charge in [0.1, 0.15) is 0 Å². The molecule has 0 unspecified atom stereocenters. The molecule has 1 amide bonds. The van der Waals surface area contributed by atoms with Gasteiger partial charge in [0.25, 0.3) is 5.91 Å². The number of hydrogen-bond acceptors (Lipinski definition) is 1. The average molecular weight is 367 g/mol. The molecule has 0 fully saturated rings. The second kappa shape index (κ2) is 7.62. The second-order valence-electron chi connectivity index (χ2n) is 4.91. The smallest absolute Gasteiger partial charge is 0.255 e. The van der Waals surface area contributed by atoms with Crippen LogP contribution in [0.25, 0.3) is 0 Å². The lowest BCUT2D eigenvalue weighted by Crippen LogP contribution is -2.11. The van der Waals surface area contributed by atoms with E-state index in [1.807, 2.05) is 12.1 Å². The molecule has 0 aliphatic heterocycles. The Kier molecular flexibility index (Phi) is 5.83. The Labute approximate surface area is 138 Å². The minimum absolute atomic E-state index is 0.167. The predicted molar refractivity (Wildman–Crippen MR) is 92.2 cm³/mol. The number of rotatable bonds is 5. The monoisotopic (exact) mass is 365 g/mol. The van der Waals surface area contributed by atoms with Crippen LogP contribution in [0.4, 0.5) is 5.69 Å². The normalized spacial score (nSPS) is 10.4. The standard InChI is InChI=1S/C17H17BrClNO/c1-2-3-4-12-5-7-16(8-6-12)20-17(21)13-9-14(18)11-15(19)10-13/h5-11H,2-4H2,1H3,(H,20,21). The Morgan fingerprint density at radius 2 is 1.90 bits per heavy atom. The van der Waals surface area contributed by atoms with Crippen LogP contribution >= 0.6 is 27.5 Å². The molecule has 0 radical (unpaired) electrons. The van der Waals surface area contributed by atoms with Crippen LogP contribution in [-0.2, 0) is 6.42 Å². The topological polar surface area (TPSA) is 29.1 Å². The number of anilines is 1. The molecule has 0 bridgehead atoms. The quantitative estimate of drug-likeness (QED) is 0.723. The van der Waals surface area contributed by atoms with Gasteiger partial charge in [-0.25, -0.2) is 0 Å². The average Bonchev–Trinajstić information content (AvgIpc) is 2.45. The molecule has 110 valence electrons. The van der Waals surface area contributed by atoms with E-state index in [-0.39, 0.29) is 5.91 Å². The van der Waals surface area contributed by atoms with Gasteiger partial charge in [-0.15, -0.1) is 0 Å². The third-order valence-corrected chi connectivity index (χ3v) is 3.83. The molecule has 0 aliphatic carbocycles. The number of unbranched alkanes of at least 4 members (excludes halogenated alkanes) is 1. The van der Waals surface area contributed by atoms with Crippen LogP contribution in [-0.4, -0.2) is 5.91 Å². The first-order valence-corrected chi connectivity index (χ1v) is 8.12. The van der Waals surface area contributed by atoms with Gasteiger partial charge in [-0.3, -0.25) is 4.79 Å². The van der Waals surface area contributed by atoms with E-state index in [4.69, 9.17) is 11.6 Å². The zero-order valence-electron chi connectivity index (χ0n) is 11.8. The Morgan fingerprint density at radius 3 is 2.52 bits per heavy atom. The van der Waals surface area contributed by atoms with Crippen LogP contribution in [0.3, 0.4) is 0 Å². The number of benzene rings is 2. The van der Waals surface area contributed by atoms with E-state index in [0.717, 1.165) is 16.6 Å². The van der Waals surface area contributed by atoms with Crippen molar-refractivity contribution >= 4 is 39.1 Å². The van der Waals surface area contributed by atoms with Crippen LogP contribution in [0, 0.1) is 0 Å². The van der Waals surface area contributed by atoms with E-state index in [1.54, 1.807) is 18.2 Å². The lowest BCUT2D eigenvalue weighted by molar-refractivity contribution is 0.102. The lowest BCUT2D eigenvalue weighted by Gasteiger charge is -2.07. The maximum absolute atomic E-state index is 12.2. The van der Waals surface area contributed by atoms with E-state index >= 15 is 0 Å². The number of carbonyl (C=O) groups excluding carboxylic acids is 1. The summed E-state index contributed by atoms with van der Waals surface area (Å²) in [5.74, 6) is -0.167. The molecule has 0 aromatic heterocycles. The van der Waals surface area contributed by atoms with Crippen molar-refractivity contribution in [3.05, 3.63) is 63.1 Å². The number of hydrogen-bond donors (Lipinski definition) is 1. The van der Waals surface area contributed by atoms with Gasteiger partial charge < -0.3 is 5.32 Å². The maximum atomic E-state index is 12.2. The Bertz CT molecular complexity index is 605. The van der Waals surface area contributed by atoms with Gasteiger partial charge in [-0.2, -0.15) is 0 Å². The summed E-state index contributed by atoms with van der Waals surface area (Å²) in [6, 6.07) is 13.1. The van der Waals surface area contributed by atoms with Gasteiger partial charge in [-0.1, -0.05) is 53.0 Å². The van der Waals surface area contributed by atoms with Crippen molar-refractivity contribution in [2.75, 3.05) is 5.32 Å². The molecule has 2 aromatic carbocycles. The van der Waals surface area contributed by atoms with Crippen LogP contribution in [0.2, 0.25) is 5.02 Å². The zero-order valence-corrected chi connectivity index (χ0v) is 14.2. The highest BCUT2D eigenvalue weighted by Crippen LogP contribution is 2.21. The Hall–Kier alpha value is -1.32. The predicted octanol–water partition coefficient (Wildman–Crippen LogP) is 5.70. The Morgan fingerprint density at radius 1 is 1.19 bits per heavy atom. The minimum atomic E-state index is -0.167. The Balaban J connectivity index is 2.05. The van der Waals surface area contributed by atoms with Gasteiger partial charge in [0.05, 0.1) is 0 Å². The maximum Gasteiger partial charge on any atom is 0.255 e. The third kappa shape index (κ3) is 4.87. The molecule has 0 spiro atoms. The summed E-state index contributed by atoms with van der Waals surface area (Å²) in [5, 5.41) is 3.41. The summed E-state index contributed by atoms with van der Waals surface area (Å²) in [5.41, 5.74) is 2.61. The van der Waals surface area contributed by atoms with Crippen molar-refractivity contribution in [1.29, 1.82) is 0 Å². The molecule has 0 atom stereocenters. The first kappa shape index (κ1) is 16.1. The van der Waals surface area contributed by atoms with E-state index in [9.17, 15) is 4.79 Å². The zero-order chi connectivity index (χ0) is 15.2. The van der Waals surface area contributed by atoms with Crippen molar-refractivity contribution in [2.24, 2.45) is 0 Å². The van der Waals surface area contributed by atoms with Gasteiger partial charge in [-0.05, 0) is 48.7 Å². The van der Waals surface area contributed by atoms with Crippen LogP contribution < -0.4 is 5.32 Å². The van der Waals surface area contributed by atoms with Gasteiger partial charge in [0, 0.05) is 20.7 Å². The summed E-state index contributed by atoms with van der Waals surface area (Å²) < 4.78 is 0.787. The molecule has 4 heteroatoms. The molecule has 0 saturated carbocycles. The van der Waals surface area contributed by atoms with Crippen molar-refractivity contribution in [1.82, 2.24) is 0 Å². The molecular formula is C17H17BrClNO. The van der Waals surface area contributed by atoms with E-state index in [1.165, 1.54) is 18.4 Å². The number of carbonyl (C=O) groups is 1.